The number of ether oxygens (including phenoxy) is 2. The van der Waals surface area contributed by atoms with Gasteiger partial charge >= 0.3 is 11.9 Å². The summed E-state index contributed by atoms with van der Waals surface area (Å²) >= 11 is 3.60. The molecule has 14 aromatic rings. The van der Waals surface area contributed by atoms with Gasteiger partial charge in [-0.25, -0.2) is 9.59 Å². The van der Waals surface area contributed by atoms with Crippen LogP contribution >= 0.6 is 22.7 Å². The molecule has 0 spiro atoms. The van der Waals surface area contributed by atoms with Crippen LogP contribution in [0.2, 0.25) is 0 Å². The summed E-state index contributed by atoms with van der Waals surface area (Å²) in [6.07, 6.45) is 0. The Kier molecular flexibility index (Phi) is 10.1. The lowest BCUT2D eigenvalue weighted by Crippen LogP contribution is -2.00. The number of aromatic carboxylic acids is 2. The van der Waals surface area contributed by atoms with Gasteiger partial charge in [0.25, 0.3) is 0 Å². The molecule has 8 heteroatoms. The fourth-order valence-electron chi connectivity index (χ4n) is 10.9. The van der Waals surface area contributed by atoms with Crippen molar-refractivity contribution < 1.29 is 29.3 Å². The molecule has 0 fully saturated rings. The predicted molar refractivity (Wildman–Crippen MR) is 306 cm³/mol. The molecule has 2 N–H and O–H groups in total. The average molecular weight is 991 g/mol. The topological polar surface area (TPSA) is 93.1 Å². The Morgan fingerprint density at radius 3 is 1.14 bits per heavy atom. The molecule has 2 heterocycles. The van der Waals surface area contributed by atoms with Crippen LogP contribution in [0.3, 0.4) is 0 Å². The van der Waals surface area contributed by atoms with E-state index in [1.54, 1.807) is 59.1 Å². The molecule has 0 aliphatic heterocycles. The molecule has 0 amide bonds. The van der Waals surface area contributed by atoms with Gasteiger partial charge in [0, 0.05) is 62.2 Å². The van der Waals surface area contributed by atoms with Crippen molar-refractivity contribution in [3.8, 4) is 56.4 Å². The SMILES string of the molecule is O=C(O)c1ccc(Oc2ccc3cc(-c4cccc5c4sc4ccccc45)ccc3c2-c2c(Oc3ccc(C(=O)O)c4ccccc34)ccc3cc(-c4cccc5c4sc4ccccc45)ccc23)c2ccccc12. The minimum atomic E-state index is -1.02. The number of carboxylic acid groups (broad SMARTS) is 2. The molecule has 0 aliphatic carbocycles. The number of fused-ring (bicyclic) bond motifs is 10. The summed E-state index contributed by atoms with van der Waals surface area (Å²) in [5.74, 6) is 0.0172. The first-order valence-electron chi connectivity index (χ1n) is 24.2. The van der Waals surface area contributed by atoms with Crippen molar-refractivity contribution in [3.05, 3.63) is 230 Å². The lowest BCUT2D eigenvalue weighted by atomic mass is 9.89. The van der Waals surface area contributed by atoms with E-state index in [-0.39, 0.29) is 11.1 Å². The molecular weight excluding hydrogens is 953 g/mol. The van der Waals surface area contributed by atoms with Gasteiger partial charge in [-0.15, -0.1) is 22.7 Å². The molecule has 0 radical (unpaired) electrons. The highest BCUT2D eigenvalue weighted by Crippen LogP contribution is 2.51. The maximum absolute atomic E-state index is 12.5. The highest BCUT2D eigenvalue weighted by molar-refractivity contribution is 7.26. The summed E-state index contributed by atoms with van der Waals surface area (Å²) in [6.45, 7) is 0. The molecule has 0 atom stereocenters. The monoisotopic (exact) mass is 990 g/mol. The van der Waals surface area contributed by atoms with Crippen LogP contribution in [0.5, 0.6) is 23.0 Å². The van der Waals surface area contributed by atoms with Crippen LogP contribution in [-0.2, 0) is 0 Å². The second-order valence-electron chi connectivity index (χ2n) is 18.4. The number of thiophene rings is 2. The van der Waals surface area contributed by atoms with Crippen molar-refractivity contribution in [1.29, 1.82) is 0 Å². The van der Waals surface area contributed by atoms with Gasteiger partial charge in [0.1, 0.15) is 23.0 Å². The van der Waals surface area contributed by atoms with Crippen LogP contribution in [0, 0.1) is 0 Å². The standard InChI is InChI=1S/C66H38O6S2/c67-65(68)53-29-33-55(47-13-3-1-11-45(47)53)71-57-31-25-37-35-39(43-17-9-19-51-49-15-5-7-21-59(49)73-63(43)51)23-27-41(37)61(57)62-42-28-24-40(44-18-10-20-52-50-16-6-8-22-60(50)74-64(44)52)36-38(42)26-32-58(62)72-56-34-30-54(66(69)70)46-12-2-4-14-48(46)56/h1-36H,(H,67,68)(H,69,70). The maximum Gasteiger partial charge on any atom is 0.336 e. The molecule has 2 aromatic heterocycles. The van der Waals surface area contributed by atoms with E-state index in [2.05, 4.69) is 133 Å². The summed E-state index contributed by atoms with van der Waals surface area (Å²) in [6, 6.07) is 72.9. The summed E-state index contributed by atoms with van der Waals surface area (Å²) in [5.41, 5.74) is 6.34. The number of carbonyl (C=O) groups is 2. The van der Waals surface area contributed by atoms with Crippen molar-refractivity contribution in [2.24, 2.45) is 0 Å². The zero-order chi connectivity index (χ0) is 49.6. The van der Waals surface area contributed by atoms with E-state index < -0.39 is 11.9 Å². The Labute approximate surface area is 430 Å². The Hall–Kier alpha value is -9.34. The van der Waals surface area contributed by atoms with E-state index in [9.17, 15) is 19.8 Å². The fourth-order valence-corrected chi connectivity index (χ4v) is 13.4. The van der Waals surface area contributed by atoms with Crippen LogP contribution in [0.25, 0.3) is 117 Å². The average Bonchev–Trinajstić information content (AvgIpc) is 4.04. The smallest absolute Gasteiger partial charge is 0.336 e. The van der Waals surface area contributed by atoms with Crippen LogP contribution in [0.15, 0.2) is 218 Å². The molecule has 350 valence electrons. The summed E-state index contributed by atoms with van der Waals surface area (Å²) in [7, 11) is 0. The van der Waals surface area contributed by atoms with Gasteiger partial charge in [0.2, 0.25) is 0 Å². The van der Waals surface area contributed by atoms with Crippen molar-refractivity contribution in [1.82, 2.24) is 0 Å². The number of carboxylic acids is 2. The minimum absolute atomic E-state index is 0.181. The maximum atomic E-state index is 12.5. The zero-order valence-electron chi connectivity index (χ0n) is 39.1. The number of rotatable bonds is 9. The molecule has 0 unspecified atom stereocenters. The Bertz CT molecular complexity index is 4400. The summed E-state index contributed by atoms with van der Waals surface area (Å²) in [5, 5.41) is 31.6. The lowest BCUT2D eigenvalue weighted by Gasteiger charge is -2.21. The second kappa shape index (κ2) is 17.2. The molecule has 0 aliphatic rings. The van der Waals surface area contributed by atoms with Gasteiger partial charge in [-0.05, 0) is 115 Å². The van der Waals surface area contributed by atoms with Crippen LogP contribution in [-0.4, -0.2) is 22.2 Å². The predicted octanol–water partition coefficient (Wildman–Crippen LogP) is 19.0. The summed E-state index contributed by atoms with van der Waals surface area (Å²) < 4.78 is 19.2. The zero-order valence-corrected chi connectivity index (χ0v) is 40.8. The molecule has 6 nitrogen and oxygen atoms in total. The van der Waals surface area contributed by atoms with E-state index in [4.69, 9.17) is 9.47 Å². The van der Waals surface area contributed by atoms with Gasteiger partial charge in [-0.1, -0.05) is 158 Å². The Morgan fingerprint density at radius 1 is 0.324 bits per heavy atom. The van der Waals surface area contributed by atoms with Gasteiger partial charge in [-0.2, -0.15) is 0 Å². The van der Waals surface area contributed by atoms with Crippen molar-refractivity contribution >= 4 is 118 Å². The molecule has 14 rings (SSSR count). The van der Waals surface area contributed by atoms with E-state index in [0.717, 1.165) is 54.9 Å². The third kappa shape index (κ3) is 6.99. The third-order valence-corrected chi connectivity index (χ3v) is 16.8. The Morgan fingerprint density at radius 2 is 0.703 bits per heavy atom. The first-order valence-corrected chi connectivity index (χ1v) is 25.8. The largest absolute Gasteiger partial charge is 0.478 e. The molecule has 0 saturated heterocycles. The normalized spacial score (nSPS) is 11.7. The molecule has 0 saturated carbocycles. The Balaban J connectivity index is 1.03. The van der Waals surface area contributed by atoms with E-state index in [0.29, 0.717) is 44.5 Å². The minimum Gasteiger partial charge on any atom is -0.478 e. The van der Waals surface area contributed by atoms with E-state index >= 15 is 0 Å². The van der Waals surface area contributed by atoms with Crippen molar-refractivity contribution in [2.75, 3.05) is 0 Å². The van der Waals surface area contributed by atoms with E-state index in [1.807, 2.05) is 48.5 Å². The van der Waals surface area contributed by atoms with Crippen molar-refractivity contribution in [3.63, 3.8) is 0 Å². The summed E-state index contributed by atoms with van der Waals surface area (Å²) in [4.78, 5) is 25.0. The second-order valence-corrected chi connectivity index (χ2v) is 20.5. The highest BCUT2D eigenvalue weighted by Gasteiger charge is 2.24. The molecule has 0 bridgehead atoms. The fraction of sp³-hybridized carbons (Fsp3) is 0. The van der Waals surface area contributed by atoms with Crippen LogP contribution in [0.4, 0.5) is 0 Å². The number of hydrogen-bond acceptors (Lipinski definition) is 6. The molecule has 12 aromatic carbocycles. The van der Waals surface area contributed by atoms with Crippen LogP contribution in [0.1, 0.15) is 20.7 Å². The first kappa shape index (κ1) is 43.4. The lowest BCUT2D eigenvalue weighted by molar-refractivity contribution is 0.0688. The van der Waals surface area contributed by atoms with Gasteiger partial charge in [0.05, 0.1) is 11.1 Å². The first-order chi connectivity index (χ1) is 36.3. The molecule has 74 heavy (non-hydrogen) atoms. The van der Waals surface area contributed by atoms with E-state index in [1.165, 1.54) is 40.3 Å². The van der Waals surface area contributed by atoms with Gasteiger partial charge in [-0.3, -0.25) is 0 Å². The van der Waals surface area contributed by atoms with Crippen molar-refractivity contribution in [2.45, 2.75) is 0 Å². The van der Waals surface area contributed by atoms with Gasteiger partial charge < -0.3 is 19.7 Å². The number of benzene rings is 12. The molecular formula is C66H38O6S2. The number of hydrogen-bond donors (Lipinski definition) is 2. The third-order valence-electron chi connectivity index (χ3n) is 14.3. The van der Waals surface area contributed by atoms with Gasteiger partial charge in [0.15, 0.2) is 0 Å². The highest BCUT2D eigenvalue weighted by atomic mass is 32.1. The quantitative estimate of drug-likeness (QED) is 0.150. The van der Waals surface area contributed by atoms with Crippen LogP contribution < -0.4 is 9.47 Å².